The van der Waals surface area contributed by atoms with Crippen molar-refractivity contribution in [1.82, 2.24) is 9.88 Å². The first-order chi connectivity index (χ1) is 9.78. The molecule has 1 aromatic heterocycles. The highest BCUT2D eigenvalue weighted by Crippen LogP contribution is 2.30. The third kappa shape index (κ3) is 2.82. The van der Waals surface area contributed by atoms with Gasteiger partial charge in [0.2, 0.25) is 5.91 Å². The second-order valence-corrected chi connectivity index (χ2v) is 7.06. The molecule has 1 aliphatic rings. The molecular weight excluding hydrogens is 292 g/mol. The molecule has 1 aromatic carbocycles. The summed E-state index contributed by atoms with van der Waals surface area (Å²) >= 11 is 3.11. The summed E-state index contributed by atoms with van der Waals surface area (Å²) in [5.41, 5.74) is 0.988. The molecule has 6 heteroatoms. The van der Waals surface area contributed by atoms with E-state index < -0.39 is 0 Å². The summed E-state index contributed by atoms with van der Waals surface area (Å²) in [6.45, 7) is 0.835. The lowest BCUT2D eigenvalue weighted by atomic mass is 10.2. The maximum absolute atomic E-state index is 12.2. The van der Waals surface area contributed by atoms with Gasteiger partial charge in [0.15, 0.2) is 4.34 Å². The number of likely N-dealkylation sites (tertiary alicyclic amines) is 1. The van der Waals surface area contributed by atoms with E-state index in [9.17, 15) is 9.90 Å². The van der Waals surface area contributed by atoms with Crippen LogP contribution in [0.2, 0.25) is 0 Å². The van der Waals surface area contributed by atoms with Gasteiger partial charge in [-0.3, -0.25) is 4.79 Å². The number of fused-ring (bicyclic) bond motifs is 1. The number of amides is 1. The summed E-state index contributed by atoms with van der Waals surface area (Å²) in [6, 6.07) is 8.01. The molecule has 1 fully saturated rings. The average molecular weight is 308 g/mol. The van der Waals surface area contributed by atoms with E-state index in [1.54, 1.807) is 16.2 Å². The Morgan fingerprint density at radius 3 is 3.15 bits per heavy atom. The largest absolute Gasteiger partial charge is 0.394 e. The Labute approximate surface area is 125 Å². The van der Waals surface area contributed by atoms with Gasteiger partial charge in [0, 0.05) is 6.54 Å². The lowest BCUT2D eigenvalue weighted by Gasteiger charge is -2.22. The number of carbonyl (C=O) groups excluding carboxylic acids is 1. The predicted octanol–water partition coefficient (Wildman–Crippen LogP) is 2.37. The van der Waals surface area contributed by atoms with Crippen molar-refractivity contribution < 1.29 is 9.90 Å². The number of aromatic nitrogens is 1. The zero-order valence-corrected chi connectivity index (χ0v) is 12.6. The van der Waals surface area contributed by atoms with Gasteiger partial charge in [0.25, 0.3) is 0 Å². The number of nitrogens with zero attached hydrogens (tertiary/aromatic N) is 2. The normalized spacial score (nSPS) is 18.9. The van der Waals surface area contributed by atoms with Gasteiger partial charge in [-0.25, -0.2) is 4.98 Å². The van der Waals surface area contributed by atoms with Crippen LogP contribution in [0.5, 0.6) is 0 Å². The second-order valence-electron chi connectivity index (χ2n) is 4.80. The van der Waals surface area contributed by atoms with Crippen molar-refractivity contribution in [2.24, 2.45) is 0 Å². The molecule has 1 aliphatic heterocycles. The van der Waals surface area contributed by atoms with Crippen LogP contribution < -0.4 is 0 Å². The Kier molecular flexibility index (Phi) is 4.24. The summed E-state index contributed by atoms with van der Waals surface area (Å²) in [4.78, 5) is 18.5. The van der Waals surface area contributed by atoms with Gasteiger partial charge in [0.05, 0.1) is 28.6 Å². The Bertz CT molecular complexity index is 581. The Morgan fingerprint density at radius 2 is 2.35 bits per heavy atom. The molecule has 0 bridgehead atoms. The van der Waals surface area contributed by atoms with Crippen molar-refractivity contribution in [1.29, 1.82) is 0 Å². The number of hydrogen-bond acceptors (Lipinski definition) is 5. The number of carbonyl (C=O) groups is 1. The lowest BCUT2D eigenvalue weighted by Crippen LogP contribution is -2.38. The van der Waals surface area contributed by atoms with Crippen molar-refractivity contribution in [3.63, 3.8) is 0 Å². The first-order valence-corrected chi connectivity index (χ1v) is 8.47. The molecule has 0 saturated carbocycles. The number of para-hydroxylation sites is 1. The van der Waals surface area contributed by atoms with E-state index in [0.29, 0.717) is 5.75 Å². The van der Waals surface area contributed by atoms with Crippen LogP contribution >= 0.6 is 23.1 Å². The molecular formula is C14H16N2O2S2. The highest BCUT2D eigenvalue weighted by atomic mass is 32.2. The predicted molar refractivity (Wildman–Crippen MR) is 82.2 cm³/mol. The maximum Gasteiger partial charge on any atom is 0.233 e. The SMILES string of the molecule is O=C(CSc1nc2ccccc2s1)N1CCC[C@H]1CO. The fourth-order valence-electron chi connectivity index (χ4n) is 2.47. The zero-order chi connectivity index (χ0) is 13.9. The summed E-state index contributed by atoms with van der Waals surface area (Å²) in [5.74, 6) is 0.502. The molecule has 3 rings (SSSR count). The van der Waals surface area contributed by atoms with Crippen molar-refractivity contribution in [3.8, 4) is 0 Å². The number of benzene rings is 1. The van der Waals surface area contributed by atoms with Crippen LogP contribution in [0.15, 0.2) is 28.6 Å². The van der Waals surface area contributed by atoms with E-state index in [1.807, 2.05) is 24.3 Å². The van der Waals surface area contributed by atoms with Gasteiger partial charge in [-0.1, -0.05) is 23.9 Å². The van der Waals surface area contributed by atoms with E-state index in [1.165, 1.54) is 11.8 Å². The molecule has 2 heterocycles. The first-order valence-electron chi connectivity index (χ1n) is 6.66. The molecule has 0 radical (unpaired) electrons. The monoisotopic (exact) mass is 308 g/mol. The third-order valence-corrected chi connectivity index (χ3v) is 5.67. The van der Waals surface area contributed by atoms with E-state index in [0.717, 1.165) is 33.9 Å². The lowest BCUT2D eigenvalue weighted by molar-refractivity contribution is -0.129. The minimum absolute atomic E-state index is 0.0125. The first kappa shape index (κ1) is 13.9. The Hall–Kier alpha value is -1.11. The fourth-order valence-corrected chi connectivity index (χ4v) is 4.43. The summed E-state index contributed by atoms with van der Waals surface area (Å²) in [5, 5.41) is 9.25. The smallest absolute Gasteiger partial charge is 0.233 e. The summed E-state index contributed by atoms with van der Waals surface area (Å²) < 4.78 is 2.08. The minimum Gasteiger partial charge on any atom is -0.394 e. The molecule has 4 nitrogen and oxygen atoms in total. The molecule has 1 atom stereocenters. The van der Waals surface area contributed by atoms with Crippen LogP contribution in [0.1, 0.15) is 12.8 Å². The number of aliphatic hydroxyl groups is 1. The van der Waals surface area contributed by atoms with Gasteiger partial charge in [0.1, 0.15) is 0 Å². The van der Waals surface area contributed by atoms with Crippen LogP contribution in [-0.4, -0.2) is 45.8 Å². The number of aliphatic hydroxyl groups excluding tert-OH is 1. The Morgan fingerprint density at radius 1 is 1.50 bits per heavy atom. The molecule has 0 aliphatic carbocycles. The summed E-state index contributed by atoms with van der Waals surface area (Å²) in [6.07, 6.45) is 1.90. The van der Waals surface area contributed by atoms with Gasteiger partial charge in [-0.15, -0.1) is 11.3 Å². The molecule has 2 aromatic rings. The maximum atomic E-state index is 12.2. The highest BCUT2D eigenvalue weighted by molar-refractivity contribution is 8.01. The van der Waals surface area contributed by atoms with Crippen LogP contribution in [0.4, 0.5) is 0 Å². The van der Waals surface area contributed by atoms with Crippen LogP contribution in [-0.2, 0) is 4.79 Å². The quantitative estimate of drug-likeness (QED) is 0.881. The second kappa shape index (κ2) is 6.11. The average Bonchev–Trinajstić information content (AvgIpc) is 3.10. The van der Waals surface area contributed by atoms with Gasteiger partial charge >= 0.3 is 0 Å². The zero-order valence-electron chi connectivity index (χ0n) is 11.0. The highest BCUT2D eigenvalue weighted by Gasteiger charge is 2.27. The van der Waals surface area contributed by atoms with Crippen LogP contribution in [0, 0.1) is 0 Å². The van der Waals surface area contributed by atoms with E-state index in [4.69, 9.17) is 0 Å². The minimum atomic E-state index is 0.0125. The number of rotatable bonds is 4. The van der Waals surface area contributed by atoms with Gasteiger partial charge in [-0.2, -0.15) is 0 Å². The topological polar surface area (TPSA) is 53.4 Å². The number of thioether (sulfide) groups is 1. The van der Waals surface area contributed by atoms with Crippen LogP contribution in [0.25, 0.3) is 10.2 Å². The molecule has 20 heavy (non-hydrogen) atoms. The standard InChI is InChI=1S/C14H16N2O2S2/c17-8-10-4-3-7-16(10)13(18)9-19-14-15-11-5-1-2-6-12(11)20-14/h1-2,5-6,10,17H,3-4,7-9H2/t10-/m0/s1. The molecule has 106 valence electrons. The van der Waals surface area contributed by atoms with E-state index in [2.05, 4.69) is 4.98 Å². The summed E-state index contributed by atoms with van der Waals surface area (Å²) in [7, 11) is 0. The van der Waals surface area contributed by atoms with Crippen molar-refractivity contribution in [2.75, 3.05) is 18.9 Å². The third-order valence-electron chi connectivity index (χ3n) is 3.50. The molecule has 0 spiro atoms. The van der Waals surface area contributed by atoms with E-state index >= 15 is 0 Å². The molecule has 1 saturated heterocycles. The molecule has 1 N–H and O–H groups in total. The van der Waals surface area contributed by atoms with Crippen molar-refractivity contribution >= 4 is 39.2 Å². The van der Waals surface area contributed by atoms with Crippen molar-refractivity contribution in [2.45, 2.75) is 23.2 Å². The number of thiazole rings is 1. The van der Waals surface area contributed by atoms with Gasteiger partial charge in [-0.05, 0) is 25.0 Å². The van der Waals surface area contributed by atoms with Crippen molar-refractivity contribution in [3.05, 3.63) is 24.3 Å². The fraction of sp³-hybridized carbons (Fsp3) is 0.429. The van der Waals surface area contributed by atoms with E-state index in [-0.39, 0.29) is 18.6 Å². The molecule has 1 amide bonds. The van der Waals surface area contributed by atoms with Gasteiger partial charge < -0.3 is 10.0 Å². The van der Waals surface area contributed by atoms with Crippen LogP contribution in [0.3, 0.4) is 0 Å². The Balaban J connectivity index is 1.62. The molecule has 0 unspecified atom stereocenters. The number of hydrogen-bond donors (Lipinski definition) is 1.